The lowest BCUT2D eigenvalue weighted by atomic mass is 9.44. The number of esters is 1. The fraction of sp³-hybridized carbons (Fsp3) is 0.903. The molecular formula is C31H50O6. The second-order valence-electron chi connectivity index (χ2n) is 14.0. The summed E-state index contributed by atoms with van der Waals surface area (Å²) in [5, 5.41) is 33.7. The molecule has 1 spiro atoms. The van der Waals surface area contributed by atoms with E-state index in [1.54, 1.807) is 0 Å². The molecule has 0 radical (unpaired) electrons. The normalized spacial score (nSPS) is 47.7. The van der Waals surface area contributed by atoms with Crippen LogP contribution in [0.3, 0.4) is 0 Å². The molecule has 0 amide bonds. The SMILES string of the molecule is CCC(CCC(C)C1CCC2C3=CC(OC(C)=O)C4(O)CC(O)CCC4(CO)C34OC4CC21C)C(C)C. The summed E-state index contributed by atoms with van der Waals surface area (Å²) in [5.74, 6) is 2.52. The number of ether oxygens (including phenoxy) is 2. The molecule has 4 aliphatic carbocycles. The fourth-order valence-electron chi connectivity index (χ4n) is 10.0. The first-order chi connectivity index (χ1) is 17.4. The molecule has 11 unspecified atom stereocenters. The van der Waals surface area contributed by atoms with Gasteiger partial charge in [-0.1, -0.05) is 47.5 Å². The Morgan fingerprint density at radius 3 is 2.54 bits per heavy atom. The van der Waals surface area contributed by atoms with E-state index in [9.17, 15) is 20.1 Å². The van der Waals surface area contributed by atoms with Gasteiger partial charge in [0.15, 0.2) is 0 Å². The van der Waals surface area contributed by atoms with Crippen LogP contribution in [0.1, 0.15) is 99.3 Å². The molecule has 5 rings (SSSR count). The molecule has 4 fully saturated rings. The van der Waals surface area contributed by atoms with Gasteiger partial charge in [0, 0.05) is 13.3 Å². The molecule has 0 bridgehead atoms. The maximum absolute atomic E-state index is 12.2. The Morgan fingerprint density at radius 2 is 1.92 bits per heavy atom. The van der Waals surface area contributed by atoms with E-state index in [4.69, 9.17) is 9.47 Å². The van der Waals surface area contributed by atoms with Gasteiger partial charge in [0.2, 0.25) is 0 Å². The quantitative estimate of drug-likeness (QED) is 0.243. The molecule has 210 valence electrons. The number of aliphatic hydroxyl groups is 3. The van der Waals surface area contributed by atoms with Gasteiger partial charge in [-0.25, -0.2) is 0 Å². The first kappa shape index (κ1) is 27.6. The largest absolute Gasteiger partial charge is 0.455 e. The molecular weight excluding hydrogens is 468 g/mol. The molecule has 1 aliphatic heterocycles. The first-order valence-electron chi connectivity index (χ1n) is 15.0. The van der Waals surface area contributed by atoms with Crippen molar-refractivity contribution in [2.45, 2.75) is 129 Å². The van der Waals surface area contributed by atoms with Gasteiger partial charge in [0.25, 0.3) is 0 Å². The van der Waals surface area contributed by atoms with Crippen molar-refractivity contribution in [2.75, 3.05) is 6.61 Å². The summed E-state index contributed by atoms with van der Waals surface area (Å²) in [5.41, 5.74) is -2.04. The Bertz CT molecular complexity index is 931. The van der Waals surface area contributed by atoms with E-state index < -0.39 is 34.8 Å². The summed E-state index contributed by atoms with van der Waals surface area (Å²) in [6.45, 7) is 13.0. The van der Waals surface area contributed by atoms with Crippen LogP contribution in [0.2, 0.25) is 0 Å². The molecule has 6 nitrogen and oxygen atoms in total. The van der Waals surface area contributed by atoms with Gasteiger partial charge < -0.3 is 24.8 Å². The number of fused-ring (bicyclic) bond motifs is 3. The molecule has 6 heteroatoms. The Labute approximate surface area is 223 Å². The molecule has 1 saturated heterocycles. The van der Waals surface area contributed by atoms with Crippen LogP contribution in [0.4, 0.5) is 0 Å². The number of hydrogen-bond acceptors (Lipinski definition) is 6. The predicted octanol–water partition coefficient (Wildman–Crippen LogP) is 4.79. The van der Waals surface area contributed by atoms with E-state index in [2.05, 4.69) is 34.6 Å². The second kappa shape index (κ2) is 9.31. The molecule has 3 N–H and O–H groups in total. The third-order valence-electron chi connectivity index (χ3n) is 12.1. The highest BCUT2D eigenvalue weighted by Gasteiger charge is 2.83. The highest BCUT2D eigenvalue weighted by Crippen LogP contribution is 2.76. The van der Waals surface area contributed by atoms with Crippen LogP contribution in [-0.2, 0) is 14.3 Å². The van der Waals surface area contributed by atoms with Crippen LogP contribution in [0.15, 0.2) is 11.6 Å². The van der Waals surface area contributed by atoms with Gasteiger partial charge in [-0.05, 0) is 85.2 Å². The summed E-state index contributed by atoms with van der Waals surface area (Å²) in [7, 11) is 0. The smallest absolute Gasteiger partial charge is 0.303 e. The van der Waals surface area contributed by atoms with Gasteiger partial charge in [-0.2, -0.15) is 0 Å². The molecule has 37 heavy (non-hydrogen) atoms. The van der Waals surface area contributed by atoms with Crippen LogP contribution in [0.5, 0.6) is 0 Å². The van der Waals surface area contributed by atoms with Crippen molar-refractivity contribution < 1.29 is 29.6 Å². The van der Waals surface area contributed by atoms with Gasteiger partial charge in [-0.3, -0.25) is 4.79 Å². The van der Waals surface area contributed by atoms with Crippen molar-refractivity contribution in [3.63, 3.8) is 0 Å². The van der Waals surface area contributed by atoms with Gasteiger partial charge in [0.05, 0.1) is 24.2 Å². The first-order valence-corrected chi connectivity index (χ1v) is 15.0. The Hall–Kier alpha value is -0.950. The number of epoxide rings is 1. The van der Waals surface area contributed by atoms with E-state index in [0.717, 1.165) is 24.3 Å². The van der Waals surface area contributed by atoms with Crippen molar-refractivity contribution in [3.05, 3.63) is 11.6 Å². The lowest BCUT2D eigenvalue weighted by Crippen LogP contribution is -2.72. The van der Waals surface area contributed by atoms with Crippen molar-refractivity contribution in [1.82, 2.24) is 0 Å². The lowest BCUT2D eigenvalue weighted by Gasteiger charge is -2.61. The number of carbonyl (C=O) groups excluding carboxylic acids is 1. The van der Waals surface area contributed by atoms with E-state index in [-0.39, 0.29) is 30.5 Å². The third-order valence-corrected chi connectivity index (χ3v) is 12.1. The Kier molecular flexibility index (Phi) is 6.95. The summed E-state index contributed by atoms with van der Waals surface area (Å²) >= 11 is 0. The lowest BCUT2D eigenvalue weighted by molar-refractivity contribution is -0.237. The second-order valence-corrected chi connectivity index (χ2v) is 14.0. The zero-order valence-electron chi connectivity index (χ0n) is 23.8. The van der Waals surface area contributed by atoms with E-state index in [1.807, 2.05) is 6.08 Å². The van der Waals surface area contributed by atoms with Gasteiger partial charge >= 0.3 is 5.97 Å². The average Bonchev–Trinajstić information content (AvgIpc) is 3.43. The monoisotopic (exact) mass is 518 g/mol. The Morgan fingerprint density at radius 1 is 1.19 bits per heavy atom. The topological polar surface area (TPSA) is 99.5 Å². The maximum atomic E-state index is 12.2. The third kappa shape index (κ3) is 3.75. The van der Waals surface area contributed by atoms with Gasteiger partial charge in [-0.15, -0.1) is 0 Å². The van der Waals surface area contributed by atoms with Gasteiger partial charge in [0.1, 0.15) is 17.3 Å². The average molecular weight is 519 g/mol. The Balaban J connectivity index is 1.50. The molecule has 11 atom stereocenters. The van der Waals surface area contributed by atoms with Crippen molar-refractivity contribution in [1.29, 1.82) is 0 Å². The highest BCUT2D eigenvalue weighted by atomic mass is 16.6. The molecule has 5 aliphatic rings. The van der Waals surface area contributed by atoms with Crippen LogP contribution >= 0.6 is 0 Å². The number of aliphatic hydroxyl groups excluding tert-OH is 2. The molecule has 1 heterocycles. The standard InChI is InChI=1S/C31H50O6/c1-7-21(18(2)3)9-8-19(4)23-10-11-24-25-14-26(36-20(5)33)30(35)15-22(34)12-13-29(30,17-32)31(25)27(37-31)16-28(23,24)6/h14,18-19,21-24,26-27,32,34-35H,7-13,15-17H2,1-6H3. The fourth-order valence-corrected chi connectivity index (χ4v) is 10.0. The van der Waals surface area contributed by atoms with Crippen molar-refractivity contribution in [2.24, 2.45) is 40.4 Å². The minimum absolute atomic E-state index is 0.0564. The van der Waals surface area contributed by atoms with E-state index in [0.29, 0.717) is 30.6 Å². The predicted molar refractivity (Wildman–Crippen MR) is 142 cm³/mol. The van der Waals surface area contributed by atoms with Crippen LogP contribution < -0.4 is 0 Å². The van der Waals surface area contributed by atoms with Crippen molar-refractivity contribution >= 4 is 5.97 Å². The van der Waals surface area contributed by atoms with Crippen molar-refractivity contribution in [3.8, 4) is 0 Å². The number of hydrogen-bond donors (Lipinski definition) is 3. The number of carbonyl (C=O) groups is 1. The zero-order valence-corrected chi connectivity index (χ0v) is 23.8. The van der Waals surface area contributed by atoms with Crippen LogP contribution in [0.25, 0.3) is 0 Å². The molecule has 3 saturated carbocycles. The van der Waals surface area contributed by atoms with Crippen LogP contribution in [0, 0.1) is 40.4 Å². The molecule has 0 aromatic carbocycles. The summed E-state index contributed by atoms with van der Waals surface area (Å²) in [6, 6.07) is 0. The summed E-state index contributed by atoms with van der Waals surface area (Å²) in [4.78, 5) is 12.2. The molecule has 0 aromatic rings. The van der Waals surface area contributed by atoms with Crippen LogP contribution in [-0.4, -0.2) is 57.4 Å². The maximum Gasteiger partial charge on any atom is 0.303 e. The van der Waals surface area contributed by atoms with E-state index >= 15 is 0 Å². The molecule has 0 aromatic heterocycles. The van der Waals surface area contributed by atoms with E-state index in [1.165, 1.54) is 32.6 Å². The minimum atomic E-state index is -1.56. The minimum Gasteiger partial charge on any atom is -0.455 e. The zero-order chi connectivity index (χ0) is 27.0. The number of rotatable bonds is 8. The highest BCUT2D eigenvalue weighted by molar-refractivity contribution is 5.67. The summed E-state index contributed by atoms with van der Waals surface area (Å²) in [6.07, 6.45) is 8.27. The summed E-state index contributed by atoms with van der Waals surface area (Å²) < 4.78 is 12.4.